The van der Waals surface area contributed by atoms with Gasteiger partial charge in [0.2, 0.25) is 5.91 Å². The summed E-state index contributed by atoms with van der Waals surface area (Å²) >= 11 is 6.46. The van der Waals surface area contributed by atoms with Crippen LogP contribution >= 0.6 is 11.6 Å². The molecule has 0 heterocycles. The predicted molar refractivity (Wildman–Crippen MR) is 93.8 cm³/mol. The van der Waals surface area contributed by atoms with Crippen LogP contribution in [0.3, 0.4) is 0 Å². The molecule has 0 radical (unpaired) electrons. The normalized spacial score (nSPS) is 10.7. The number of benzene rings is 3. The third-order valence-corrected chi connectivity index (χ3v) is 4.20. The maximum atomic E-state index is 11.9. The van der Waals surface area contributed by atoms with E-state index in [2.05, 4.69) is 0 Å². The van der Waals surface area contributed by atoms with Crippen LogP contribution in [0.5, 0.6) is 0 Å². The molecule has 0 aliphatic carbocycles. The van der Waals surface area contributed by atoms with Crippen molar-refractivity contribution in [2.24, 2.45) is 5.73 Å². The molecule has 0 saturated carbocycles. The molecule has 0 saturated heterocycles. The zero-order chi connectivity index (χ0) is 16.2. The van der Waals surface area contributed by atoms with Gasteiger partial charge in [0.15, 0.2) is 0 Å². The third kappa shape index (κ3) is 3.13. The van der Waals surface area contributed by atoms with Crippen molar-refractivity contribution < 1.29 is 4.79 Å². The van der Waals surface area contributed by atoms with E-state index in [-0.39, 0.29) is 5.92 Å². The van der Waals surface area contributed by atoms with E-state index in [4.69, 9.17) is 17.3 Å². The van der Waals surface area contributed by atoms with E-state index in [1.807, 2.05) is 60.7 Å². The molecule has 3 heteroatoms. The molecule has 3 rings (SSSR count). The Balaban J connectivity index is 2.28. The van der Waals surface area contributed by atoms with E-state index in [9.17, 15) is 4.79 Å². The molecule has 0 aromatic heterocycles. The van der Waals surface area contributed by atoms with Gasteiger partial charge in [-0.2, -0.15) is 0 Å². The first-order chi connectivity index (χ1) is 11.2. The highest BCUT2D eigenvalue weighted by Gasteiger charge is 2.24. The van der Waals surface area contributed by atoms with E-state index in [0.29, 0.717) is 10.6 Å². The first-order valence-electron chi connectivity index (χ1n) is 7.36. The van der Waals surface area contributed by atoms with Crippen molar-refractivity contribution in [2.45, 2.75) is 5.92 Å². The summed E-state index contributed by atoms with van der Waals surface area (Å²) in [5.74, 6) is -0.618. The maximum Gasteiger partial charge on any atom is 0.249 e. The highest BCUT2D eigenvalue weighted by atomic mass is 35.5. The average molecular weight is 322 g/mol. The Hall–Kier alpha value is -2.58. The smallest absolute Gasteiger partial charge is 0.249 e. The van der Waals surface area contributed by atoms with E-state index in [1.54, 1.807) is 18.2 Å². The molecule has 0 unspecified atom stereocenters. The molecule has 2 N–H and O–H groups in total. The molecule has 0 fully saturated rings. The van der Waals surface area contributed by atoms with Gasteiger partial charge in [0.1, 0.15) is 0 Å². The number of halogens is 1. The maximum absolute atomic E-state index is 11.9. The van der Waals surface area contributed by atoms with Crippen LogP contribution in [0.4, 0.5) is 0 Å². The Morgan fingerprint density at radius 1 is 0.783 bits per heavy atom. The lowest BCUT2D eigenvalue weighted by molar-refractivity contribution is 0.0999. The molecule has 114 valence electrons. The molecule has 0 bridgehead atoms. The Morgan fingerprint density at radius 3 is 1.78 bits per heavy atom. The molecule has 1 amide bonds. The lowest BCUT2D eigenvalue weighted by Crippen LogP contribution is -2.17. The summed E-state index contributed by atoms with van der Waals surface area (Å²) in [5, 5.41) is 0.541. The summed E-state index contributed by atoms with van der Waals surface area (Å²) in [6.07, 6.45) is 0. The molecule has 0 aliphatic heterocycles. The Morgan fingerprint density at radius 2 is 1.30 bits per heavy atom. The number of rotatable bonds is 4. The topological polar surface area (TPSA) is 43.1 Å². The number of primary amides is 1. The summed E-state index contributed by atoms with van der Waals surface area (Å²) in [7, 11) is 0. The number of carbonyl (C=O) groups excluding carboxylic acids is 1. The fraction of sp³-hybridized carbons (Fsp3) is 0.0500. The molecule has 3 aromatic carbocycles. The Bertz CT molecular complexity index is 776. The molecule has 0 atom stereocenters. The number of amides is 1. The first-order valence-corrected chi connectivity index (χ1v) is 7.74. The standard InChI is InChI=1S/C20H16ClNO/c21-17-13-7-12-16(20(22)23)19(17)18(14-8-3-1-4-9-14)15-10-5-2-6-11-15/h1-13,18H,(H2,22,23). The minimum Gasteiger partial charge on any atom is -0.366 e. The van der Waals surface area contributed by atoms with Gasteiger partial charge in [-0.3, -0.25) is 4.79 Å². The lowest BCUT2D eigenvalue weighted by atomic mass is 9.82. The number of nitrogens with two attached hydrogens (primary N) is 1. The second-order valence-electron chi connectivity index (χ2n) is 5.32. The van der Waals surface area contributed by atoms with Crippen LogP contribution in [0, 0.1) is 0 Å². The number of hydrogen-bond donors (Lipinski definition) is 1. The van der Waals surface area contributed by atoms with Crippen molar-refractivity contribution in [3.63, 3.8) is 0 Å². The van der Waals surface area contributed by atoms with Crippen molar-refractivity contribution >= 4 is 17.5 Å². The summed E-state index contributed by atoms with van der Waals surface area (Å²) in [6.45, 7) is 0. The van der Waals surface area contributed by atoms with Crippen molar-refractivity contribution in [1.29, 1.82) is 0 Å². The zero-order valence-corrected chi connectivity index (χ0v) is 13.2. The largest absolute Gasteiger partial charge is 0.366 e. The second kappa shape index (κ2) is 6.67. The van der Waals surface area contributed by atoms with Gasteiger partial charge in [0, 0.05) is 16.5 Å². The zero-order valence-electron chi connectivity index (χ0n) is 12.4. The molecule has 3 aromatic rings. The van der Waals surface area contributed by atoms with Crippen LogP contribution in [0.2, 0.25) is 5.02 Å². The van der Waals surface area contributed by atoms with Crippen molar-refractivity contribution in [2.75, 3.05) is 0 Å². The van der Waals surface area contributed by atoms with E-state index in [0.717, 1.165) is 16.7 Å². The second-order valence-corrected chi connectivity index (χ2v) is 5.73. The first kappa shape index (κ1) is 15.3. The fourth-order valence-electron chi connectivity index (χ4n) is 2.86. The minimum absolute atomic E-state index is 0.145. The average Bonchev–Trinajstić information content (AvgIpc) is 2.58. The van der Waals surface area contributed by atoms with Gasteiger partial charge in [-0.25, -0.2) is 0 Å². The quantitative estimate of drug-likeness (QED) is 0.700. The summed E-state index contributed by atoms with van der Waals surface area (Å²) in [5.41, 5.74) is 8.91. The SMILES string of the molecule is NC(=O)c1cccc(Cl)c1C(c1ccccc1)c1ccccc1. The van der Waals surface area contributed by atoms with E-state index in [1.165, 1.54) is 0 Å². The highest BCUT2D eigenvalue weighted by Crippen LogP contribution is 2.37. The fourth-order valence-corrected chi connectivity index (χ4v) is 3.15. The van der Waals surface area contributed by atoms with Crippen LogP contribution in [-0.2, 0) is 0 Å². The van der Waals surface area contributed by atoms with E-state index >= 15 is 0 Å². The van der Waals surface area contributed by atoms with Crippen LogP contribution in [0.25, 0.3) is 0 Å². The van der Waals surface area contributed by atoms with Crippen LogP contribution in [0.15, 0.2) is 78.9 Å². The van der Waals surface area contributed by atoms with Gasteiger partial charge in [-0.15, -0.1) is 0 Å². The molecule has 0 aliphatic rings. The molecular formula is C20H16ClNO. The van der Waals surface area contributed by atoms with Gasteiger partial charge in [0.05, 0.1) is 0 Å². The van der Waals surface area contributed by atoms with Crippen molar-refractivity contribution in [3.8, 4) is 0 Å². The van der Waals surface area contributed by atoms with Gasteiger partial charge >= 0.3 is 0 Å². The summed E-state index contributed by atoms with van der Waals surface area (Å²) < 4.78 is 0. The summed E-state index contributed by atoms with van der Waals surface area (Å²) in [6, 6.07) is 25.2. The Kier molecular flexibility index (Phi) is 4.45. The van der Waals surface area contributed by atoms with Crippen molar-refractivity contribution in [1.82, 2.24) is 0 Å². The third-order valence-electron chi connectivity index (χ3n) is 3.87. The minimum atomic E-state index is -0.473. The molecule has 2 nitrogen and oxygen atoms in total. The van der Waals surface area contributed by atoms with Gasteiger partial charge in [-0.05, 0) is 28.8 Å². The van der Waals surface area contributed by atoms with E-state index < -0.39 is 5.91 Å². The van der Waals surface area contributed by atoms with Gasteiger partial charge in [-0.1, -0.05) is 78.3 Å². The Labute approximate surface area is 140 Å². The monoisotopic (exact) mass is 321 g/mol. The predicted octanol–water partition coefficient (Wildman–Crippen LogP) is 4.62. The summed E-state index contributed by atoms with van der Waals surface area (Å²) in [4.78, 5) is 11.9. The van der Waals surface area contributed by atoms with Crippen LogP contribution in [-0.4, -0.2) is 5.91 Å². The van der Waals surface area contributed by atoms with Gasteiger partial charge < -0.3 is 5.73 Å². The lowest BCUT2D eigenvalue weighted by Gasteiger charge is -2.22. The number of carbonyl (C=O) groups is 1. The number of hydrogen-bond acceptors (Lipinski definition) is 1. The highest BCUT2D eigenvalue weighted by molar-refractivity contribution is 6.32. The van der Waals surface area contributed by atoms with Crippen molar-refractivity contribution in [3.05, 3.63) is 106 Å². The van der Waals surface area contributed by atoms with Crippen LogP contribution < -0.4 is 5.73 Å². The molecule has 23 heavy (non-hydrogen) atoms. The van der Waals surface area contributed by atoms with Gasteiger partial charge in [0.25, 0.3) is 0 Å². The molecular weight excluding hydrogens is 306 g/mol. The molecule has 0 spiro atoms. The van der Waals surface area contributed by atoms with Crippen LogP contribution in [0.1, 0.15) is 33.0 Å².